The van der Waals surface area contributed by atoms with Gasteiger partial charge in [0, 0.05) is 18.7 Å². The van der Waals surface area contributed by atoms with E-state index in [9.17, 15) is 31.5 Å². The van der Waals surface area contributed by atoms with Crippen LogP contribution < -0.4 is 20.1 Å². The van der Waals surface area contributed by atoms with Gasteiger partial charge in [-0.1, -0.05) is 30.3 Å². The van der Waals surface area contributed by atoms with Gasteiger partial charge in [-0.2, -0.15) is 0 Å². The molecular formula is C25H30F3N3O6S. The molecule has 4 rings (SSSR count). The van der Waals surface area contributed by atoms with Crippen molar-refractivity contribution >= 4 is 15.9 Å². The standard InChI is InChI=1S/C25H30F3N3O6S/c26-25(27,28)37-21-8-6-19(7-9-21)36-20-10-16-31(17-11-20)38(34,35)24(12-14-29-15-13-24)23(33)30-22(32)18-4-2-1-3-5-18/h1-9,20,22,29,32H,10-17H2,(H,30,33). The molecule has 0 radical (unpaired) electrons. The van der Waals surface area contributed by atoms with Gasteiger partial charge in [-0.3, -0.25) is 4.79 Å². The molecule has 2 saturated heterocycles. The summed E-state index contributed by atoms with van der Waals surface area (Å²) >= 11 is 0. The average molecular weight is 558 g/mol. The summed E-state index contributed by atoms with van der Waals surface area (Å²) in [4.78, 5) is 13.4. The number of rotatable bonds is 8. The molecule has 0 aromatic heterocycles. The maximum atomic E-state index is 13.8. The van der Waals surface area contributed by atoms with Crippen LogP contribution in [0.1, 0.15) is 37.5 Å². The van der Waals surface area contributed by atoms with Crippen LogP contribution in [0.15, 0.2) is 54.6 Å². The van der Waals surface area contributed by atoms with E-state index in [0.29, 0.717) is 37.2 Å². The van der Waals surface area contributed by atoms with Gasteiger partial charge in [0.15, 0.2) is 11.0 Å². The number of carbonyl (C=O) groups is 1. The number of aliphatic hydroxyl groups excluding tert-OH is 1. The number of halogens is 3. The number of nitrogens with zero attached hydrogens (tertiary/aromatic N) is 1. The maximum Gasteiger partial charge on any atom is 0.573 e. The van der Waals surface area contributed by atoms with Gasteiger partial charge in [0.1, 0.15) is 17.6 Å². The zero-order valence-corrected chi connectivity index (χ0v) is 21.3. The third kappa shape index (κ3) is 6.40. The molecule has 2 fully saturated rings. The second-order valence-corrected chi connectivity index (χ2v) is 11.5. The number of ether oxygens (including phenoxy) is 2. The summed E-state index contributed by atoms with van der Waals surface area (Å²) in [6.07, 6.45) is -5.70. The normalized spacial score (nSPS) is 19.9. The Morgan fingerprint density at radius 1 is 1.03 bits per heavy atom. The van der Waals surface area contributed by atoms with Crippen LogP contribution in [0.25, 0.3) is 0 Å². The van der Waals surface area contributed by atoms with Crippen molar-refractivity contribution < 1.29 is 41.0 Å². The number of carbonyl (C=O) groups excluding carboxylic acids is 1. The highest BCUT2D eigenvalue weighted by Gasteiger charge is 2.54. The van der Waals surface area contributed by atoms with Crippen molar-refractivity contribution in [2.75, 3.05) is 26.2 Å². The number of hydrogen-bond acceptors (Lipinski definition) is 7. The van der Waals surface area contributed by atoms with Crippen LogP contribution in [0.3, 0.4) is 0 Å². The SMILES string of the molecule is O=C(NC(O)c1ccccc1)C1(S(=O)(=O)N2CCC(Oc3ccc(OC(F)(F)F)cc3)CC2)CCNCC1. The van der Waals surface area contributed by atoms with Crippen molar-refractivity contribution in [3.05, 3.63) is 60.2 Å². The fourth-order valence-electron chi connectivity index (χ4n) is 4.76. The highest BCUT2D eigenvalue weighted by atomic mass is 32.2. The van der Waals surface area contributed by atoms with E-state index in [2.05, 4.69) is 15.4 Å². The van der Waals surface area contributed by atoms with E-state index in [0.717, 1.165) is 12.1 Å². The van der Waals surface area contributed by atoms with Crippen LogP contribution in [0, 0.1) is 0 Å². The summed E-state index contributed by atoms with van der Waals surface area (Å²) in [6, 6.07) is 13.5. The monoisotopic (exact) mass is 557 g/mol. The molecule has 0 saturated carbocycles. The molecule has 38 heavy (non-hydrogen) atoms. The molecule has 0 bridgehead atoms. The fraction of sp³-hybridized carbons (Fsp3) is 0.480. The van der Waals surface area contributed by atoms with Gasteiger partial charge < -0.3 is 25.2 Å². The third-order valence-corrected chi connectivity index (χ3v) is 9.43. The minimum atomic E-state index is -4.79. The lowest BCUT2D eigenvalue weighted by Gasteiger charge is -2.41. The number of piperidine rings is 2. The molecule has 9 nitrogen and oxygen atoms in total. The highest BCUT2D eigenvalue weighted by molar-refractivity contribution is 7.91. The van der Waals surface area contributed by atoms with Crippen LogP contribution in [0.5, 0.6) is 11.5 Å². The van der Waals surface area contributed by atoms with Gasteiger partial charge in [-0.25, -0.2) is 12.7 Å². The molecule has 13 heteroatoms. The van der Waals surface area contributed by atoms with Crippen molar-refractivity contribution in [3.63, 3.8) is 0 Å². The molecule has 0 aliphatic carbocycles. The Kier molecular flexibility index (Phi) is 8.50. The van der Waals surface area contributed by atoms with E-state index in [1.807, 2.05) is 0 Å². The van der Waals surface area contributed by atoms with Crippen molar-refractivity contribution in [3.8, 4) is 11.5 Å². The van der Waals surface area contributed by atoms with E-state index in [-0.39, 0.29) is 37.8 Å². The number of amides is 1. The Labute approximate surface area is 219 Å². The van der Waals surface area contributed by atoms with Gasteiger partial charge >= 0.3 is 6.36 Å². The molecule has 0 spiro atoms. The van der Waals surface area contributed by atoms with Crippen molar-refractivity contribution in [2.24, 2.45) is 0 Å². The van der Waals surface area contributed by atoms with Crippen LogP contribution in [-0.2, 0) is 14.8 Å². The smallest absolute Gasteiger partial charge is 0.490 e. The topological polar surface area (TPSA) is 117 Å². The third-order valence-electron chi connectivity index (χ3n) is 6.80. The average Bonchev–Trinajstić information content (AvgIpc) is 2.90. The lowest BCUT2D eigenvalue weighted by molar-refractivity contribution is -0.274. The number of aliphatic hydroxyl groups is 1. The Balaban J connectivity index is 1.40. The molecule has 2 aliphatic heterocycles. The quantitative estimate of drug-likeness (QED) is 0.428. The number of benzene rings is 2. The minimum Gasteiger partial charge on any atom is -0.490 e. The first-order valence-corrected chi connectivity index (χ1v) is 13.7. The minimum absolute atomic E-state index is 0.0610. The number of nitrogens with one attached hydrogen (secondary N) is 2. The lowest BCUT2D eigenvalue weighted by Crippen LogP contribution is -2.62. The molecule has 208 valence electrons. The Bertz CT molecular complexity index is 1180. The van der Waals surface area contributed by atoms with Crippen LogP contribution >= 0.6 is 0 Å². The van der Waals surface area contributed by atoms with Crippen molar-refractivity contribution in [1.82, 2.24) is 14.9 Å². The van der Waals surface area contributed by atoms with Crippen LogP contribution in [-0.4, -0.2) is 67.1 Å². The Morgan fingerprint density at radius 2 is 1.61 bits per heavy atom. The molecule has 1 unspecified atom stereocenters. The molecule has 2 aliphatic rings. The van der Waals surface area contributed by atoms with E-state index < -0.39 is 33.3 Å². The molecule has 3 N–H and O–H groups in total. The molecule has 2 aromatic carbocycles. The van der Waals surface area contributed by atoms with Crippen molar-refractivity contribution in [1.29, 1.82) is 0 Å². The zero-order chi connectivity index (χ0) is 27.4. The lowest BCUT2D eigenvalue weighted by atomic mass is 9.95. The largest absolute Gasteiger partial charge is 0.573 e. The summed E-state index contributed by atoms with van der Waals surface area (Å²) < 4.78 is 74.0. The summed E-state index contributed by atoms with van der Waals surface area (Å²) in [5.74, 6) is -0.770. The molecule has 1 amide bonds. The van der Waals surface area contributed by atoms with Gasteiger partial charge in [-0.15, -0.1) is 13.2 Å². The van der Waals surface area contributed by atoms with E-state index in [4.69, 9.17) is 4.74 Å². The number of sulfonamides is 1. The van der Waals surface area contributed by atoms with E-state index >= 15 is 0 Å². The fourth-order valence-corrected chi connectivity index (χ4v) is 6.96. The molecule has 1 atom stereocenters. The molecule has 2 aromatic rings. The maximum absolute atomic E-state index is 13.8. The Morgan fingerprint density at radius 3 is 2.18 bits per heavy atom. The first kappa shape index (κ1) is 28.1. The van der Waals surface area contributed by atoms with Gasteiger partial charge in [0.2, 0.25) is 15.9 Å². The molecule has 2 heterocycles. The highest BCUT2D eigenvalue weighted by Crippen LogP contribution is 2.34. The number of hydrogen-bond donors (Lipinski definition) is 3. The summed E-state index contributed by atoms with van der Waals surface area (Å²) in [5, 5.41) is 16.1. The van der Waals surface area contributed by atoms with Gasteiger partial charge in [0.05, 0.1) is 0 Å². The van der Waals surface area contributed by atoms with Crippen LogP contribution in [0.4, 0.5) is 13.2 Å². The van der Waals surface area contributed by atoms with E-state index in [1.165, 1.54) is 16.4 Å². The predicted molar refractivity (Wildman–Crippen MR) is 132 cm³/mol. The summed E-state index contributed by atoms with van der Waals surface area (Å²) in [5.41, 5.74) is 0.443. The number of alkyl halides is 3. The first-order valence-electron chi connectivity index (χ1n) is 12.3. The second kappa shape index (κ2) is 11.5. The van der Waals surface area contributed by atoms with Crippen LogP contribution in [0.2, 0.25) is 0 Å². The van der Waals surface area contributed by atoms with Gasteiger partial charge in [0.25, 0.3) is 0 Å². The summed E-state index contributed by atoms with van der Waals surface area (Å²) in [7, 11) is -4.10. The summed E-state index contributed by atoms with van der Waals surface area (Å²) in [6.45, 7) is 0.904. The van der Waals surface area contributed by atoms with Gasteiger partial charge in [-0.05, 0) is 63.0 Å². The second-order valence-electron chi connectivity index (χ2n) is 9.27. The van der Waals surface area contributed by atoms with Crippen molar-refractivity contribution in [2.45, 2.75) is 49.1 Å². The van der Waals surface area contributed by atoms with E-state index in [1.54, 1.807) is 30.3 Å². The first-order chi connectivity index (χ1) is 18.0. The predicted octanol–water partition coefficient (Wildman–Crippen LogP) is 2.69. The Hall–Kier alpha value is -2.87. The molecular weight excluding hydrogens is 527 g/mol. The zero-order valence-electron chi connectivity index (χ0n) is 20.5.